The minimum atomic E-state index is -0.698. The van der Waals surface area contributed by atoms with Crippen LogP contribution in [0.4, 0.5) is 34.1 Å². The van der Waals surface area contributed by atoms with Gasteiger partial charge in [-0.3, -0.25) is 0 Å². The first-order valence-corrected chi connectivity index (χ1v) is 21.3. The molecule has 1 unspecified atom stereocenters. The van der Waals surface area contributed by atoms with Crippen LogP contribution in [0.3, 0.4) is 0 Å². The van der Waals surface area contributed by atoms with Crippen molar-refractivity contribution in [3.05, 3.63) is 253 Å². The Kier molecular flexibility index (Phi) is 7.52. The molecule has 0 aliphatic heterocycles. The molecule has 62 heavy (non-hydrogen) atoms. The van der Waals surface area contributed by atoms with Crippen LogP contribution in [0.1, 0.15) is 22.3 Å². The van der Waals surface area contributed by atoms with E-state index < -0.39 is 5.41 Å². The second-order valence-corrected chi connectivity index (χ2v) is 16.4. The monoisotopic (exact) mass is 790 g/mol. The smallest absolute Gasteiger partial charge is 0.140 e. The average Bonchev–Trinajstić information content (AvgIpc) is 3.96. The number of rotatable bonds is 6. The third-order valence-corrected chi connectivity index (χ3v) is 13.2. The summed E-state index contributed by atoms with van der Waals surface area (Å²) in [6.45, 7) is 0. The predicted molar refractivity (Wildman–Crippen MR) is 257 cm³/mol. The molecule has 1 atom stereocenters. The average molecular weight is 791 g/mol. The summed E-state index contributed by atoms with van der Waals surface area (Å²) in [6, 6.07) is 83.9. The van der Waals surface area contributed by atoms with Gasteiger partial charge in [0, 0.05) is 50.2 Å². The Hall–Kier alpha value is -8.14. The first-order valence-electron chi connectivity index (χ1n) is 21.3. The third kappa shape index (κ3) is 4.88. The fourth-order valence-corrected chi connectivity index (χ4v) is 10.7. The Morgan fingerprint density at radius 1 is 0.323 bits per heavy atom. The van der Waals surface area contributed by atoms with Gasteiger partial charge in [0.15, 0.2) is 0 Å². The second-order valence-electron chi connectivity index (χ2n) is 16.4. The fraction of sp³-hybridized carbons (Fsp3) is 0.0169. The van der Waals surface area contributed by atoms with Crippen molar-refractivity contribution >= 4 is 66.6 Å². The van der Waals surface area contributed by atoms with Crippen LogP contribution in [0.5, 0.6) is 0 Å². The van der Waals surface area contributed by atoms with E-state index in [0.29, 0.717) is 0 Å². The number of nitrogens with zero attached hydrogens (tertiary/aromatic N) is 2. The number of benzene rings is 10. The van der Waals surface area contributed by atoms with Crippen molar-refractivity contribution in [1.82, 2.24) is 0 Å². The maximum Gasteiger partial charge on any atom is 0.140 e. The summed E-state index contributed by atoms with van der Waals surface area (Å²) >= 11 is 0. The zero-order valence-corrected chi connectivity index (χ0v) is 33.7. The van der Waals surface area contributed by atoms with E-state index in [1.807, 2.05) is 0 Å². The van der Waals surface area contributed by atoms with E-state index in [9.17, 15) is 0 Å². The lowest BCUT2D eigenvalue weighted by Gasteiger charge is -2.36. The molecule has 3 heteroatoms. The largest absolute Gasteiger partial charge is 0.456 e. The van der Waals surface area contributed by atoms with Crippen LogP contribution < -0.4 is 9.80 Å². The third-order valence-electron chi connectivity index (χ3n) is 13.2. The molecule has 1 spiro atoms. The standard InChI is InChI=1S/C59H38N2O/c1-3-21-42(22-4-1)60(44-34-33-39-17-7-8-19-41(39)37-44)45-35-36-52-50(38-45)47-26-11-13-29-51(47)59(52)56-49(58-57(59)48-27-12-14-32-55(48)62-58)28-16-31-54(56)61(43-23-5-2-6-24-43)53-30-15-20-40-18-9-10-25-46(40)53/h1-38H. The first kappa shape index (κ1) is 34.7. The van der Waals surface area contributed by atoms with E-state index in [1.165, 1.54) is 54.9 Å². The molecule has 0 fully saturated rings. The number of hydrogen-bond donors (Lipinski definition) is 0. The summed E-state index contributed by atoms with van der Waals surface area (Å²) < 4.78 is 7.06. The molecule has 0 radical (unpaired) electrons. The van der Waals surface area contributed by atoms with Crippen molar-refractivity contribution in [3.63, 3.8) is 0 Å². The molecule has 13 rings (SSSR count). The lowest BCUT2D eigenvalue weighted by molar-refractivity contribution is 0.628. The van der Waals surface area contributed by atoms with Crippen LogP contribution in [-0.4, -0.2) is 0 Å². The van der Waals surface area contributed by atoms with Crippen LogP contribution in [0.25, 0.3) is 55.0 Å². The Morgan fingerprint density at radius 2 is 0.903 bits per heavy atom. The molecule has 290 valence electrons. The van der Waals surface area contributed by atoms with Crippen molar-refractivity contribution in [3.8, 4) is 22.5 Å². The van der Waals surface area contributed by atoms with Gasteiger partial charge in [-0.05, 0) is 105 Å². The Labute approximate surface area is 360 Å². The molecular formula is C59H38N2O. The van der Waals surface area contributed by atoms with Crippen LogP contribution in [0, 0.1) is 0 Å². The number of hydrogen-bond acceptors (Lipinski definition) is 3. The van der Waals surface area contributed by atoms with Crippen LogP contribution in [0.2, 0.25) is 0 Å². The van der Waals surface area contributed by atoms with Crippen molar-refractivity contribution in [1.29, 1.82) is 0 Å². The van der Waals surface area contributed by atoms with Crippen LogP contribution >= 0.6 is 0 Å². The number of fused-ring (bicyclic) bond motifs is 14. The van der Waals surface area contributed by atoms with Gasteiger partial charge in [0.05, 0.1) is 16.8 Å². The molecule has 2 aliphatic rings. The summed E-state index contributed by atoms with van der Waals surface area (Å²) in [5, 5.41) is 5.96. The summed E-state index contributed by atoms with van der Waals surface area (Å²) in [5.74, 6) is 0.933. The molecule has 0 bridgehead atoms. The highest BCUT2D eigenvalue weighted by Crippen LogP contribution is 2.67. The Morgan fingerprint density at radius 3 is 1.74 bits per heavy atom. The molecule has 0 saturated carbocycles. The molecule has 1 aromatic heterocycles. The molecule has 0 amide bonds. The first-order chi connectivity index (χ1) is 30.8. The molecule has 1 heterocycles. The van der Waals surface area contributed by atoms with Crippen molar-refractivity contribution in [2.75, 3.05) is 9.80 Å². The molecule has 10 aromatic carbocycles. The van der Waals surface area contributed by atoms with E-state index in [1.54, 1.807) is 0 Å². The van der Waals surface area contributed by atoms with E-state index in [4.69, 9.17) is 4.42 Å². The summed E-state index contributed by atoms with van der Waals surface area (Å²) in [6.07, 6.45) is 0. The quantitative estimate of drug-likeness (QED) is 0.167. The Balaban J connectivity index is 1.12. The second kappa shape index (κ2) is 13.4. The number of para-hydroxylation sites is 3. The van der Waals surface area contributed by atoms with Crippen molar-refractivity contribution in [2.24, 2.45) is 0 Å². The summed E-state index contributed by atoms with van der Waals surface area (Å²) in [7, 11) is 0. The van der Waals surface area contributed by atoms with Gasteiger partial charge in [-0.15, -0.1) is 0 Å². The number of anilines is 6. The highest BCUT2D eigenvalue weighted by molar-refractivity contribution is 6.07. The molecule has 11 aromatic rings. The lowest BCUT2D eigenvalue weighted by Crippen LogP contribution is -2.28. The molecule has 0 saturated heterocycles. The zero-order chi connectivity index (χ0) is 40.8. The topological polar surface area (TPSA) is 19.6 Å². The Bertz CT molecular complexity index is 3550. The van der Waals surface area contributed by atoms with Crippen LogP contribution in [0.15, 0.2) is 235 Å². The highest BCUT2D eigenvalue weighted by Gasteiger charge is 2.56. The summed E-state index contributed by atoms with van der Waals surface area (Å²) in [4.78, 5) is 4.87. The van der Waals surface area contributed by atoms with E-state index in [-0.39, 0.29) is 0 Å². The van der Waals surface area contributed by atoms with Gasteiger partial charge in [0.1, 0.15) is 11.3 Å². The van der Waals surface area contributed by atoms with Gasteiger partial charge < -0.3 is 14.2 Å². The molecule has 0 N–H and O–H groups in total. The van der Waals surface area contributed by atoms with Gasteiger partial charge in [0.25, 0.3) is 0 Å². The van der Waals surface area contributed by atoms with E-state index in [2.05, 4.69) is 240 Å². The normalized spacial score (nSPS) is 14.5. The van der Waals surface area contributed by atoms with Gasteiger partial charge in [-0.2, -0.15) is 0 Å². The van der Waals surface area contributed by atoms with Crippen molar-refractivity contribution < 1.29 is 4.42 Å². The fourth-order valence-electron chi connectivity index (χ4n) is 10.7. The summed E-state index contributed by atoms with van der Waals surface area (Å²) in [5.41, 5.74) is 15.4. The SMILES string of the molecule is c1ccc(N(c2ccc3c(c2)-c2ccccc2C32c3c(cccc3N(c3ccccc3)c3cccc4ccccc34)-c3oc4ccccc4c32)c2ccc3ccccc3c2)cc1. The molecule has 2 aliphatic carbocycles. The van der Waals surface area contributed by atoms with Gasteiger partial charge in [0.2, 0.25) is 0 Å². The minimum Gasteiger partial charge on any atom is -0.456 e. The lowest BCUT2D eigenvalue weighted by atomic mass is 9.69. The van der Waals surface area contributed by atoms with Crippen LogP contribution in [-0.2, 0) is 5.41 Å². The van der Waals surface area contributed by atoms with Gasteiger partial charge in [-0.1, -0.05) is 164 Å². The maximum absolute atomic E-state index is 7.06. The molecular weight excluding hydrogens is 753 g/mol. The van der Waals surface area contributed by atoms with Gasteiger partial charge in [-0.25, -0.2) is 0 Å². The minimum absolute atomic E-state index is 0.698. The molecule has 3 nitrogen and oxygen atoms in total. The highest BCUT2D eigenvalue weighted by atomic mass is 16.3. The van der Waals surface area contributed by atoms with Gasteiger partial charge >= 0.3 is 0 Å². The van der Waals surface area contributed by atoms with E-state index >= 15 is 0 Å². The van der Waals surface area contributed by atoms with E-state index in [0.717, 1.165) is 56.4 Å². The maximum atomic E-state index is 7.06. The predicted octanol–water partition coefficient (Wildman–Crippen LogP) is 16.0. The number of furan rings is 1. The van der Waals surface area contributed by atoms with Crippen molar-refractivity contribution in [2.45, 2.75) is 5.41 Å². The zero-order valence-electron chi connectivity index (χ0n) is 33.7.